The normalized spacial score (nSPS) is 16.5. The molecule has 1 atom stereocenters. The molecule has 1 aliphatic rings. The number of fused-ring (bicyclic) bond motifs is 3. The average molecular weight is 337 g/mol. The Balaban J connectivity index is 1.97. The van der Waals surface area contributed by atoms with Crippen molar-refractivity contribution < 1.29 is 13.6 Å². The number of aromatic nitrogens is 2. The minimum atomic E-state index is -0.663. The number of benzene rings is 1. The molecule has 3 heterocycles. The molecule has 124 valence electrons. The van der Waals surface area contributed by atoms with E-state index in [4.69, 9.17) is 6.42 Å². The summed E-state index contributed by atoms with van der Waals surface area (Å²) in [6.07, 6.45) is 9.03. The van der Waals surface area contributed by atoms with Crippen LogP contribution in [-0.4, -0.2) is 27.3 Å². The lowest BCUT2D eigenvalue weighted by Gasteiger charge is -2.34. The molecule has 1 amide bonds. The lowest BCUT2D eigenvalue weighted by atomic mass is 9.93. The van der Waals surface area contributed by atoms with Gasteiger partial charge in [-0.15, -0.1) is 6.42 Å². The number of nitrogens with one attached hydrogen (secondary N) is 1. The zero-order chi connectivity index (χ0) is 17.6. The molecule has 1 aliphatic heterocycles. The number of H-pyrrole nitrogens is 1. The molecule has 0 fully saturated rings. The van der Waals surface area contributed by atoms with Gasteiger partial charge in [0.2, 0.25) is 0 Å². The van der Waals surface area contributed by atoms with Crippen molar-refractivity contribution in [2.45, 2.75) is 12.5 Å². The number of aromatic amines is 1. The highest BCUT2D eigenvalue weighted by Crippen LogP contribution is 2.38. The van der Waals surface area contributed by atoms with Gasteiger partial charge in [-0.2, -0.15) is 0 Å². The third-order valence-corrected chi connectivity index (χ3v) is 4.54. The van der Waals surface area contributed by atoms with Gasteiger partial charge in [0.05, 0.1) is 11.6 Å². The van der Waals surface area contributed by atoms with Gasteiger partial charge in [0.1, 0.15) is 11.6 Å². The second-order valence-corrected chi connectivity index (χ2v) is 5.91. The van der Waals surface area contributed by atoms with E-state index in [-0.39, 0.29) is 5.52 Å². The van der Waals surface area contributed by atoms with Gasteiger partial charge in [0.25, 0.3) is 5.91 Å². The van der Waals surface area contributed by atoms with E-state index in [9.17, 15) is 13.6 Å². The van der Waals surface area contributed by atoms with Crippen LogP contribution in [0.1, 0.15) is 22.9 Å². The topological polar surface area (TPSA) is 49.0 Å². The fourth-order valence-corrected chi connectivity index (χ4v) is 3.50. The summed E-state index contributed by atoms with van der Waals surface area (Å²) in [7, 11) is 0. The van der Waals surface area contributed by atoms with E-state index in [1.165, 1.54) is 6.07 Å². The van der Waals surface area contributed by atoms with Gasteiger partial charge in [-0.1, -0.05) is 6.07 Å². The van der Waals surface area contributed by atoms with E-state index in [0.29, 0.717) is 24.0 Å². The van der Waals surface area contributed by atoms with E-state index < -0.39 is 23.6 Å². The third kappa shape index (κ3) is 2.36. The number of amides is 1. The van der Waals surface area contributed by atoms with Crippen LogP contribution in [0.5, 0.6) is 0 Å². The van der Waals surface area contributed by atoms with Gasteiger partial charge < -0.3 is 9.88 Å². The highest BCUT2D eigenvalue weighted by molar-refractivity contribution is 5.94. The Kier molecular flexibility index (Phi) is 3.50. The van der Waals surface area contributed by atoms with Crippen LogP contribution in [0.3, 0.4) is 0 Å². The minimum Gasteiger partial charge on any atom is -0.354 e. The van der Waals surface area contributed by atoms with E-state index >= 15 is 0 Å². The Hall–Kier alpha value is -3.20. The number of pyridine rings is 1. The fraction of sp³-hybridized carbons (Fsp3) is 0.158. The summed E-state index contributed by atoms with van der Waals surface area (Å²) in [5.41, 5.74) is 2.42. The maximum Gasteiger partial charge on any atom is 0.299 e. The molecule has 25 heavy (non-hydrogen) atoms. The van der Waals surface area contributed by atoms with Crippen molar-refractivity contribution in [3.63, 3.8) is 0 Å². The molecule has 0 spiro atoms. The summed E-state index contributed by atoms with van der Waals surface area (Å²) >= 11 is 0. The standard InChI is InChI=1S/C19H13F2N3O/c1-2-16(25)24-7-5-13-14-8-12(20)9-15(21)17(14)23-18(13)19(24)11-4-3-6-22-10-11/h1,3-4,6,8-10,19,23H,5,7H2. The van der Waals surface area contributed by atoms with Crippen molar-refractivity contribution in [1.82, 2.24) is 14.9 Å². The maximum absolute atomic E-state index is 14.2. The fourth-order valence-electron chi connectivity index (χ4n) is 3.50. The lowest BCUT2D eigenvalue weighted by molar-refractivity contribution is -0.127. The van der Waals surface area contributed by atoms with Crippen LogP contribution in [0.15, 0.2) is 36.7 Å². The van der Waals surface area contributed by atoms with Crippen LogP contribution in [0.2, 0.25) is 0 Å². The number of nitrogens with zero attached hydrogens (tertiary/aromatic N) is 2. The molecule has 4 rings (SSSR count). The molecule has 1 N–H and O–H groups in total. The summed E-state index contributed by atoms with van der Waals surface area (Å²) in [4.78, 5) is 20.9. The van der Waals surface area contributed by atoms with Gasteiger partial charge in [0, 0.05) is 36.1 Å². The average Bonchev–Trinajstić information content (AvgIpc) is 3.00. The first-order valence-corrected chi connectivity index (χ1v) is 7.76. The number of carbonyl (C=O) groups is 1. The predicted molar refractivity (Wildman–Crippen MR) is 88.5 cm³/mol. The summed E-state index contributed by atoms with van der Waals surface area (Å²) < 4.78 is 27.9. The smallest absolute Gasteiger partial charge is 0.299 e. The Labute approximate surface area is 142 Å². The van der Waals surface area contributed by atoms with Gasteiger partial charge in [-0.05, 0) is 35.6 Å². The van der Waals surface area contributed by atoms with Crippen LogP contribution < -0.4 is 0 Å². The monoisotopic (exact) mass is 337 g/mol. The first kappa shape index (κ1) is 15.3. The molecule has 2 aromatic heterocycles. The largest absolute Gasteiger partial charge is 0.354 e. The van der Waals surface area contributed by atoms with E-state index in [1.54, 1.807) is 23.4 Å². The zero-order valence-electron chi connectivity index (χ0n) is 13.1. The third-order valence-electron chi connectivity index (χ3n) is 4.54. The molecule has 0 saturated heterocycles. The van der Waals surface area contributed by atoms with Crippen molar-refractivity contribution in [3.05, 3.63) is 65.1 Å². The van der Waals surface area contributed by atoms with E-state index in [1.807, 2.05) is 6.07 Å². The van der Waals surface area contributed by atoms with Crippen molar-refractivity contribution in [2.75, 3.05) is 6.54 Å². The molecule has 0 bridgehead atoms. The summed E-state index contributed by atoms with van der Waals surface area (Å²) in [5, 5.41) is 0.495. The van der Waals surface area contributed by atoms with Crippen molar-refractivity contribution in [3.8, 4) is 12.3 Å². The Morgan fingerprint density at radius 2 is 2.24 bits per heavy atom. The van der Waals surface area contributed by atoms with Gasteiger partial charge in [-0.3, -0.25) is 9.78 Å². The molecule has 0 radical (unpaired) electrons. The molecule has 0 saturated carbocycles. The molecule has 4 nitrogen and oxygen atoms in total. The lowest BCUT2D eigenvalue weighted by Crippen LogP contribution is -2.40. The van der Waals surface area contributed by atoms with Gasteiger partial charge >= 0.3 is 0 Å². The number of rotatable bonds is 1. The van der Waals surface area contributed by atoms with Crippen LogP contribution in [0.4, 0.5) is 8.78 Å². The molecule has 6 heteroatoms. The number of hydrogen-bond acceptors (Lipinski definition) is 2. The molecule has 3 aromatic rings. The Bertz CT molecular complexity index is 1020. The zero-order valence-corrected chi connectivity index (χ0v) is 13.1. The summed E-state index contributed by atoms with van der Waals surface area (Å²) in [6.45, 7) is 0.362. The molecular formula is C19H13F2N3O. The predicted octanol–water partition coefficient (Wildman–Crippen LogP) is 2.95. The van der Waals surface area contributed by atoms with Crippen LogP contribution in [-0.2, 0) is 11.2 Å². The number of hydrogen-bond donors (Lipinski definition) is 1. The molecular weight excluding hydrogens is 324 g/mol. The maximum atomic E-state index is 14.2. The number of terminal acetylenes is 1. The molecule has 1 unspecified atom stereocenters. The second kappa shape index (κ2) is 5.71. The van der Waals surface area contributed by atoms with Crippen LogP contribution in [0.25, 0.3) is 10.9 Å². The Morgan fingerprint density at radius 1 is 1.40 bits per heavy atom. The first-order valence-electron chi connectivity index (χ1n) is 7.76. The minimum absolute atomic E-state index is 0.232. The van der Waals surface area contributed by atoms with Crippen molar-refractivity contribution in [2.24, 2.45) is 0 Å². The van der Waals surface area contributed by atoms with Crippen molar-refractivity contribution in [1.29, 1.82) is 0 Å². The van der Waals surface area contributed by atoms with E-state index in [2.05, 4.69) is 15.9 Å². The second-order valence-electron chi connectivity index (χ2n) is 5.91. The Morgan fingerprint density at radius 3 is 2.96 bits per heavy atom. The summed E-state index contributed by atoms with van der Waals surface area (Å²) in [6, 6.07) is 5.22. The molecule has 0 aliphatic carbocycles. The highest BCUT2D eigenvalue weighted by atomic mass is 19.1. The SMILES string of the molecule is C#CC(=O)N1CCc2c([nH]c3c(F)cc(F)cc23)C1c1cccnc1. The molecule has 1 aromatic carbocycles. The number of halogens is 2. The van der Waals surface area contributed by atoms with Crippen LogP contribution in [0, 0.1) is 24.0 Å². The van der Waals surface area contributed by atoms with Gasteiger partial charge in [-0.25, -0.2) is 8.78 Å². The van der Waals surface area contributed by atoms with E-state index in [0.717, 1.165) is 17.2 Å². The van der Waals surface area contributed by atoms with Gasteiger partial charge in [0.15, 0.2) is 0 Å². The van der Waals surface area contributed by atoms with Crippen molar-refractivity contribution >= 4 is 16.8 Å². The quantitative estimate of drug-likeness (QED) is 0.694. The first-order chi connectivity index (χ1) is 12.1. The highest BCUT2D eigenvalue weighted by Gasteiger charge is 2.34. The number of carbonyl (C=O) groups excluding carboxylic acids is 1. The summed E-state index contributed by atoms with van der Waals surface area (Å²) in [5.74, 6) is 0.389. The van der Waals surface area contributed by atoms with Crippen LogP contribution >= 0.6 is 0 Å².